The summed E-state index contributed by atoms with van der Waals surface area (Å²) in [6, 6.07) is 3.89. The van der Waals surface area contributed by atoms with E-state index in [2.05, 4.69) is 30.5 Å². The molecular weight excluding hydrogens is 324 g/mol. The number of sulfonamides is 1. The highest BCUT2D eigenvalue weighted by Gasteiger charge is 2.23. The average Bonchev–Trinajstić information content (AvgIpc) is 2.74. The molecule has 0 spiro atoms. The Morgan fingerprint density at radius 2 is 1.62 bits per heavy atom. The number of hydrogen-bond donors (Lipinski definition) is 1. The van der Waals surface area contributed by atoms with Crippen LogP contribution in [-0.4, -0.2) is 13.4 Å². The SMILES string of the molecule is Cc1cc(C(C)(C)C)cc(C)c1S(=O)(=O)NCc1nc(C)c(C)o1. The predicted octanol–water partition coefficient (Wildman–Crippen LogP) is 3.68. The second-order valence-corrected chi connectivity index (χ2v) is 8.97. The van der Waals surface area contributed by atoms with Crippen molar-refractivity contribution in [2.75, 3.05) is 0 Å². The zero-order chi connectivity index (χ0) is 18.3. The van der Waals surface area contributed by atoms with Crippen LogP contribution in [0.2, 0.25) is 0 Å². The fourth-order valence-electron chi connectivity index (χ4n) is 2.65. The van der Waals surface area contributed by atoms with E-state index in [1.807, 2.05) is 32.9 Å². The Labute approximate surface area is 144 Å². The maximum atomic E-state index is 12.7. The van der Waals surface area contributed by atoms with Gasteiger partial charge >= 0.3 is 0 Å². The summed E-state index contributed by atoms with van der Waals surface area (Å²) in [7, 11) is -3.64. The molecule has 132 valence electrons. The molecular formula is C18H26N2O3S. The fourth-order valence-corrected chi connectivity index (χ4v) is 4.07. The van der Waals surface area contributed by atoms with E-state index < -0.39 is 10.0 Å². The number of hydrogen-bond acceptors (Lipinski definition) is 4. The summed E-state index contributed by atoms with van der Waals surface area (Å²) in [4.78, 5) is 4.53. The Hall–Kier alpha value is -1.66. The first-order valence-electron chi connectivity index (χ1n) is 7.96. The minimum atomic E-state index is -3.64. The predicted molar refractivity (Wildman–Crippen MR) is 94.6 cm³/mol. The molecule has 6 heteroatoms. The molecule has 0 amide bonds. The minimum absolute atomic E-state index is 0.0294. The second kappa shape index (κ2) is 6.33. The van der Waals surface area contributed by atoms with Crippen LogP contribution >= 0.6 is 0 Å². The number of aryl methyl sites for hydroxylation is 4. The molecule has 0 saturated heterocycles. The number of rotatable bonds is 4. The molecule has 1 aromatic heterocycles. The maximum Gasteiger partial charge on any atom is 0.241 e. The van der Waals surface area contributed by atoms with E-state index in [9.17, 15) is 8.42 Å². The molecule has 0 aliphatic rings. The maximum absolute atomic E-state index is 12.7. The first kappa shape index (κ1) is 18.7. The van der Waals surface area contributed by atoms with Gasteiger partial charge in [-0.25, -0.2) is 18.1 Å². The van der Waals surface area contributed by atoms with Crippen LogP contribution in [0.3, 0.4) is 0 Å². The third-order valence-electron chi connectivity index (χ3n) is 4.08. The molecule has 2 aromatic rings. The molecule has 5 nitrogen and oxygen atoms in total. The lowest BCUT2D eigenvalue weighted by molar-refractivity contribution is 0.463. The lowest BCUT2D eigenvalue weighted by Gasteiger charge is -2.22. The molecule has 1 heterocycles. The van der Waals surface area contributed by atoms with Crippen LogP contribution in [0.15, 0.2) is 21.4 Å². The van der Waals surface area contributed by atoms with Crippen molar-refractivity contribution < 1.29 is 12.8 Å². The van der Waals surface area contributed by atoms with E-state index in [4.69, 9.17) is 4.42 Å². The van der Waals surface area contributed by atoms with Crippen molar-refractivity contribution in [3.63, 3.8) is 0 Å². The molecule has 1 N–H and O–H groups in total. The average molecular weight is 350 g/mol. The Balaban J connectivity index is 2.32. The lowest BCUT2D eigenvalue weighted by atomic mass is 9.85. The molecule has 0 unspecified atom stereocenters. The van der Waals surface area contributed by atoms with Gasteiger partial charge in [0, 0.05) is 0 Å². The Kier molecular flexibility index (Phi) is 4.93. The van der Waals surface area contributed by atoms with E-state index in [0.29, 0.717) is 16.5 Å². The molecule has 0 aliphatic heterocycles. The van der Waals surface area contributed by atoms with Gasteiger partial charge in [0.05, 0.1) is 17.1 Å². The minimum Gasteiger partial charge on any atom is -0.444 e. The van der Waals surface area contributed by atoms with Crippen molar-refractivity contribution in [1.29, 1.82) is 0 Å². The third-order valence-corrected chi connectivity index (χ3v) is 5.79. The van der Waals surface area contributed by atoms with Gasteiger partial charge in [-0.3, -0.25) is 0 Å². The third kappa shape index (κ3) is 3.87. The number of oxazole rings is 1. The molecule has 0 atom stereocenters. The molecule has 24 heavy (non-hydrogen) atoms. The van der Waals surface area contributed by atoms with Gasteiger partial charge < -0.3 is 4.42 Å². The molecule has 2 rings (SSSR count). The second-order valence-electron chi connectivity index (χ2n) is 7.26. The summed E-state index contributed by atoms with van der Waals surface area (Å²) < 4.78 is 33.5. The van der Waals surface area contributed by atoms with Crippen LogP contribution in [0.25, 0.3) is 0 Å². The summed E-state index contributed by atoms with van der Waals surface area (Å²) in [6.45, 7) is 13.7. The van der Waals surface area contributed by atoms with Gasteiger partial charge in [0.15, 0.2) is 0 Å². The Morgan fingerprint density at radius 1 is 1.08 bits per heavy atom. The van der Waals surface area contributed by atoms with Crippen LogP contribution in [0.5, 0.6) is 0 Å². The highest BCUT2D eigenvalue weighted by atomic mass is 32.2. The van der Waals surface area contributed by atoms with Gasteiger partial charge in [-0.05, 0) is 49.8 Å². The summed E-state index contributed by atoms with van der Waals surface area (Å²) >= 11 is 0. The first-order valence-corrected chi connectivity index (χ1v) is 9.44. The smallest absolute Gasteiger partial charge is 0.241 e. The van der Waals surface area contributed by atoms with Crippen LogP contribution in [0.1, 0.15) is 54.8 Å². The van der Waals surface area contributed by atoms with E-state index in [-0.39, 0.29) is 12.0 Å². The van der Waals surface area contributed by atoms with Crippen molar-refractivity contribution in [3.05, 3.63) is 46.2 Å². The molecule has 1 aromatic carbocycles. The van der Waals surface area contributed by atoms with E-state index in [1.165, 1.54) is 0 Å². The van der Waals surface area contributed by atoms with Crippen LogP contribution in [0.4, 0.5) is 0 Å². The van der Waals surface area contributed by atoms with Gasteiger partial charge in [-0.1, -0.05) is 32.9 Å². The quantitative estimate of drug-likeness (QED) is 0.913. The first-order chi connectivity index (χ1) is 10.9. The molecule has 0 bridgehead atoms. The van der Waals surface area contributed by atoms with Crippen molar-refractivity contribution in [2.24, 2.45) is 0 Å². The molecule has 0 radical (unpaired) electrons. The lowest BCUT2D eigenvalue weighted by Crippen LogP contribution is -2.25. The standard InChI is InChI=1S/C18H26N2O3S/c1-11-8-15(18(5,6)7)9-12(2)17(11)24(21,22)19-10-16-20-13(3)14(4)23-16/h8-9,19H,10H2,1-7H3. The normalized spacial score (nSPS) is 12.6. The number of aromatic nitrogens is 1. The van der Waals surface area contributed by atoms with Crippen molar-refractivity contribution in [3.8, 4) is 0 Å². The van der Waals surface area contributed by atoms with Gasteiger partial charge in [0.1, 0.15) is 5.76 Å². The highest BCUT2D eigenvalue weighted by molar-refractivity contribution is 7.89. The molecule has 0 saturated carbocycles. The zero-order valence-corrected chi connectivity index (χ0v) is 16.3. The van der Waals surface area contributed by atoms with Gasteiger partial charge in [-0.15, -0.1) is 0 Å². The summed E-state index contributed by atoms with van der Waals surface area (Å²) in [6.07, 6.45) is 0. The van der Waals surface area contributed by atoms with Crippen LogP contribution in [0, 0.1) is 27.7 Å². The topological polar surface area (TPSA) is 72.2 Å². The largest absolute Gasteiger partial charge is 0.444 e. The van der Waals surface area contributed by atoms with Crippen molar-refractivity contribution >= 4 is 10.0 Å². The van der Waals surface area contributed by atoms with Gasteiger partial charge in [-0.2, -0.15) is 0 Å². The van der Waals surface area contributed by atoms with E-state index in [1.54, 1.807) is 6.92 Å². The molecule has 0 fully saturated rings. The zero-order valence-electron chi connectivity index (χ0n) is 15.4. The van der Waals surface area contributed by atoms with E-state index in [0.717, 1.165) is 22.4 Å². The summed E-state index contributed by atoms with van der Waals surface area (Å²) in [5, 5.41) is 0. The van der Waals surface area contributed by atoms with Gasteiger partial charge in [0.25, 0.3) is 0 Å². The Bertz CT molecular complexity index is 816. The highest BCUT2D eigenvalue weighted by Crippen LogP contribution is 2.29. The number of nitrogens with zero attached hydrogens (tertiary/aromatic N) is 1. The van der Waals surface area contributed by atoms with Crippen molar-refractivity contribution in [1.82, 2.24) is 9.71 Å². The van der Waals surface area contributed by atoms with Gasteiger partial charge in [0.2, 0.25) is 15.9 Å². The number of nitrogens with one attached hydrogen (secondary N) is 1. The van der Waals surface area contributed by atoms with Crippen LogP contribution in [-0.2, 0) is 22.0 Å². The molecule has 0 aliphatic carbocycles. The summed E-state index contributed by atoms with van der Waals surface area (Å²) in [5.41, 5.74) is 3.35. The van der Waals surface area contributed by atoms with Crippen molar-refractivity contribution in [2.45, 2.75) is 65.3 Å². The fraction of sp³-hybridized carbons (Fsp3) is 0.500. The Morgan fingerprint density at radius 3 is 2.04 bits per heavy atom. The van der Waals surface area contributed by atoms with E-state index >= 15 is 0 Å². The van der Waals surface area contributed by atoms with Crippen LogP contribution < -0.4 is 4.72 Å². The number of benzene rings is 1. The monoisotopic (exact) mass is 350 g/mol. The summed E-state index contributed by atoms with van der Waals surface area (Å²) in [5.74, 6) is 1.07.